The number of aliphatic imine (C=N–C) groups is 2. The summed E-state index contributed by atoms with van der Waals surface area (Å²) >= 11 is 0. The molecule has 62 heavy (non-hydrogen) atoms. The average molecular weight is 828 g/mol. The summed E-state index contributed by atoms with van der Waals surface area (Å²) in [5, 5.41) is 17.7. The number of amides is 1. The second-order valence-corrected chi connectivity index (χ2v) is 16.1. The SMILES string of the molecule is CCN=CCC(N)=Nc1ncc2c(n1)-c1c(nn(C)c1-c1cccc(C)c1)CC2c1cccc(Cc2c3c(nn2C)CCc2cnc(Nc4cnn(CC(=O)N(C)C)c4)nc2-3)c1. The van der Waals surface area contributed by atoms with Gasteiger partial charge in [-0.3, -0.25) is 23.8 Å². The van der Waals surface area contributed by atoms with E-state index in [0.717, 1.165) is 85.9 Å². The topological polar surface area (TPSA) is 188 Å². The van der Waals surface area contributed by atoms with Gasteiger partial charge >= 0.3 is 0 Å². The van der Waals surface area contributed by atoms with E-state index in [4.69, 9.17) is 30.9 Å². The molecule has 2 aromatic carbocycles. The van der Waals surface area contributed by atoms with Gasteiger partial charge < -0.3 is 16.0 Å². The van der Waals surface area contributed by atoms with Crippen molar-refractivity contribution >= 4 is 35.5 Å². The quantitative estimate of drug-likeness (QED) is 0.111. The fourth-order valence-corrected chi connectivity index (χ4v) is 8.48. The first-order valence-electron chi connectivity index (χ1n) is 20.8. The van der Waals surface area contributed by atoms with E-state index < -0.39 is 0 Å². The summed E-state index contributed by atoms with van der Waals surface area (Å²) in [4.78, 5) is 42.2. The van der Waals surface area contributed by atoms with Crippen LogP contribution in [0.25, 0.3) is 33.8 Å². The van der Waals surface area contributed by atoms with Crippen LogP contribution in [0.15, 0.2) is 83.3 Å². The zero-order valence-electron chi connectivity index (χ0n) is 35.8. The van der Waals surface area contributed by atoms with Gasteiger partial charge in [0.2, 0.25) is 11.9 Å². The minimum atomic E-state index is -0.0577. The zero-order chi connectivity index (χ0) is 43.1. The van der Waals surface area contributed by atoms with Gasteiger partial charge in [0.05, 0.1) is 46.0 Å². The largest absolute Gasteiger partial charge is 0.387 e. The first kappa shape index (κ1) is 40.1. The van der Waals surface area contributed by atoms with E-state index in [1.54, 1.807) is 42.3 Å². The van der Waals surface area contributed by atoms with Crippen LogP contribution < -0.4 is 11.1 Å². The lowest BCUT2D eigenvalue weighted by Gasteiger charge is -2.25. The molecule has 314 valence electrons. The van der Waals surface area contributed by atoms with Crippen LogP contribution in [0.1, 0.15) is 64.2 Å². The van der Waals surface area contributed by atoms with E-state index >= 15 is 0 Å². The van der Waals surface area contributed by atoms with Crippen molar-refractivity contribution in [1.82, 2.24) is 54.2 Å². The van der Waals surface area contributed by atoms with Gasteiger partial charge in [0.15, 0.2) is 0 Å². The number of nitrogens with zero attached hydrogens (tertiary/aromatic N) is 13. The Bertz CT molecular complexity index is 2900. The van der Waals surface area contributed by atoms with Crippen molar-refractivity contribution in [2.45, 2.75) is 58.4 Å². The van der Waals surface area contributed by atoms with Crippen LogP contribution in [0.2, 0.25) is 0 Å². The fourth-order valence-electron chi connectivity index (χ4n) is 8.48. The highest BCUT2D eigenvalue weighted by molar-refractivity contribution is 5.94. The van der Waals surface area contributed by atoms with Crippen LogP contribution in [-0.2, 0) is 51.1 Å². The molecule has 0 bridgehead atoms. The molecule has 0 saturated carbocycles. The molecule has 16 heteroatoms. The Morgan fingerprint density at radius 1 is 0.968 bits per heavy atom. The Morgan fingerprint density at radius 2 is 1.81 bits per heavy atom. The number of anilines is 2. The van der Waals surface area contributed by atoms with Gasteiger partial charge in [-0.25, -0.2) is 19.9 Å². The molecule has 3 N–H and O–H groups in total. The molecule has 9 rings (SSSR count). The van der Waals surface area contributed by atoms with Crippen molar-refractivity contribution in [2.24, 2.45) is 29.8 Å². The third kappa shape index (κ3) is 7.86. The van der Waals surface area contributed by atoms with E-state index in [1.807, 2.05) is 42.8 Å². The minimum absolute atomic E-state index is 0.0469. The molecule has 0 fully saturated rings. The second kappa shape index (κ2) is 16.6. The molecule has 2 aliphatic rings. The maximum absolute atomic E-state index is 12.2. The molecule has 2 aliphatic carbocycles. The van der Waals surface area contributed by atoms with Crippen molar-refractivity contribution in [3.63, 3.8) is 0 Å². The molecule has 5 aromatic heterocycles. The predicted octanol–water partition coefficient (Wildman–Crippen LogP) is 5.92. The van der Waals surface area contributed by atoms with Gasteiger partial charge in [-0.05, 0) is 49.4 Å². The molecular formula is C46H49N15O. The van der Waals surface area contributed by atoms with Gasteiger partial charge in [-0.2, -0.15) is 20.3 Å². The van der Waals surface area contributed by atoms with Crippen molar-refractivity contribution in [3.8, 4) is 33.8 Å². The second-order valence-electron chi connectivity index (χ2n) is 16.1. The molecule has 0 saturated heterocycles. The van der Waals surface area contributed by atoms with Crippen LogP contribution in [-0.4, -0.2) is 92.8 Å². The van der Waals surface area contributed by atoms with Crippen molar-refractivity contribution in [2.75, 3.05) is 26.0 Å². The number of hydrogen-bond donors (Lipinski definition) is 2. The number of aromatic nitrogens is 10. The lowest BCUT2D eigenvalue weighted by atomic mass is 9.79. The number of nitrogens with two attached hydrogens (primary N) is 1. The highest BCUT2D eigenvalue weighted by Gasteiger charge is 2.34. The molecule has 0 radical (unpaired) electrons. The van der Waals surface area contributed by atoms with Gasteiger partial charge in [0.25, 0.3) is 5.95 Å². The third-order valence-corrected chi connectivity index (χ3v) is 11.5. The van der Waals surface area contributed by atoms with E-state index in [2.05, 4.69) is 80.8 Å². The van der Waals surface area contributed by atoms with Crippen molar-refractivity contribution in [3.05, 3.63) is 118 Å². The van der Waals surface area contributed by atoms with Crippen molar-refractivity contribution in [1.29, 1.82) is 0 Å². The number of rotatable bonds is 12. The number of carbonyl (C=O) groups excluding carboxylic acids is 1. The lowest BCUT2D eigenvalue weighted by Crippen LogP contribution is -2.26. The monoisotopic (exact) mass is 827 g/mol. The van der Waals surface area contributed by atoms with Crippen LogP contribution in [0.5, 0.6) is 0 Å². The molecule has 1 atom stereocenters. The van der Waals surface area contributed by atoms with E-state index in [1.165, 1.54) is 5.56 Å². The summed E-state index contributed by atoms with van der Waals surface area (Å²) in [7, 11) is 7.46. The number of fused-ring (bicyclic) bond motifs is 6. The highest BCUT2D eigenvalue weighted by Crippen LogP contribution is 2.46. The summed E-state index contributed by atoms with van der Waals surface area (Å²) in [6.45, 7) is 4.90. The molecule has 0 aliphatic heterocycles. The molecular weight excluding hydrogens is 779 g/mol. The fraction of sp³-hybridized carbons (Fsp3) is 0.304. The molecule has 5 heterocycles. The Hall–Kier alpha value is -7.36. The maximum atomic E-state index is 12.2. The van der Waals surface area contributed by atoms with E-state index in [0.29, 0.717) is 49.2 Å². The minimum Gasteiger partial charge on any atom is -0.387 e. The number of amidine groups is 1. The number of likely N-dealkylation sites (N-methyl/N-ethyl adjacent to an activating group) is 1. The van der Waals surface area contributed by atoms with E-state index in [-0.39, 0.29) is 18.4 Å². The van der Waals surface area contributed by atoms with Gasteiger partial charge in [0, 0.05) is 107 Å². The molecule has 16 nitrogen and oxygen atoms in total. The maximum Gasteiger partial charge on any atom is 0.251 e. The predicted molar refractivity (Wildman–Crippen MR) is 240 cm³/mol. The first-order chi connectivity index (χ1) is 30.0. The number of nitrogens with one attached hydrogen (secondary N) is 1. The molecule has 1 unspecified atom stereocenters. The first-order valence-corrected chi connectivity index (χ1v) is 20.8. The summed E-state index contributed by atoms with van der Waals surface area (Å²) < 4.78 is 5.56. The number of benzene rings is 2. The smallest absolute Gasteiger partial charge is 0.251 e. The molecule has 1 amide bonds. The van der Waals surface area contributed by atoms with E-state index in [9.17, 15) is 4.79 Å². The Kier molecular flexibility index (Phi) is 10.7. The number of aryl methyl sites for hydroxylation is 5. The van der Waals surface area contributed by atoms with Crippen LogP contribution in [0, 0.1) is 6.92 Å². The standard InChI is InChI=1S/C46H49N15O/c1-7-48-17-16-38(47)53-46-50-24-34-33(21-36-41(43(34)55-46)44(60(6)57-36)30-13-8-10-27(2)18-30)29-12-9-11-28(19-29)20-37-40-35(56-59(37)5)15-14-31-22-49-45(54-42(31)40)52-32-23-51-61(25-32)26-39(62)58(3)4/h8-13,17-19,22-25,33H,7,14-16,20-21,26H2,1-6H3,(H,49,52,54)(H2,47,50,53,55). The zero-order valence-corrected chi connectivity index (χ0v) is 35.8. The summed E-state index contributed by atoms with van der Waals surface area (Å²) in [5.41, 5.74) is 21.4. The molecule has 7 aromatic rings. The normalized spacial score (nSPS) is 14.4. The average Bonchev–Trinajstić information content (AvgIpc) is 3.94. The number of carbonyl (C=O) groups is 1. The summed E-state index contributed by atoms with van der Waals surface area (Å²) in [6.07, 6.45) is 12.4. The van der Waals surface area contributed by atoms with Gasteiger partial charge in [-0.15, -0.1) is 0 Å². The number of hydrogen-bond acceptors (Lipinski definition) is 11. The van der Waals surface area contributed by atoms with Crippen LogP contribution >= 0.6 is 0 Å². The molecule has 0 spiro atoms. The third-order valence-electron chi connectivity index (χ3n) is 11.5. The summed E-state index contributed by atoms with van der Waals surface area (Å²) in [6, 6.07) is 17.2. The Labute approximate surface area is 359 Å². The van der Waals surface area contributed by atoms with Gasteiger partial charge in [0.1, 0.15) is 12.4 Å². The lowest BCUT2D eigenvalue weighted by molar-refractivity contribution is -0.129. The Morgan fingerprint density at radius 3 is 2.63 bits per heavy atom. The highest BCUT2D eigenvalue weighted by atomic mass is 16.2. The van der Waals surface area contributed by atoms with Gasteiger partial charge in [-0.1, -0.05) is 48.0 Å². The summed E-state index contributed by atoms with van der Waals surface area (Å²) in [5.74, 6) is 1.05. The van der Waals surface area contributed by atoms with Crippen LogP contribution in [0.4, 0.5) is 17.6 Å². The Balaban J connectivity index is 1.05. The van der Waals surface area contributed by atoms with Crippen LogP contribution in [0.3, 0.4) is 0 Å². The van der Waals surface area contributed by atoms with Crippen molar-refractivity contribution < 1.29 is 4.79 Å².